The first-order valence-corrected chi connectivity index (χ1v) is 6.40. The number of nitrogens with zero attached hydrogens (tertiary/aromatic N) is 1. The van der Waals surface area contributed by atoms with Crippen LogP contribution in [0.4, 0.5) is 0 Å². The Kier molecular flexibility index (Phi) is 4.03. The van der Waals surface area contributed by atoms with Gasteiger partial charge in [-0.3, -0.25) is 0 Å². The zero-order valence-corrected chi connectivity index (χ0v) is 11.2. The van der Waals surface area contributed by atoms with Gasteiger partial charge in [0.2, 0.25) is 0 Å². The Labute approximate surface area is 109 Å². The van der Waals surface area contributed by atoms with E-state index in [0.717, 1.165) is 35.2 Å². The lowest BCUT2D eigenvalue weighted by Crippen LogP contribution is -2.21. The first-order valence-electron chi connectivity index (χ1n) is 5.61. The molecule has 0 saturated carbocycles. The van der Waals surface area contributed by atoms with Crippen molar-refractivity contribution in [3.63, 3.8) is 0 Å². The van der Waals surface area contributed by atoms with Crippen LogP contribution in [0, 0.1) is 17.2 Å². The molecule has 90 valence electrons. The molecule has 0 aliphatic carbocycles. The van der Waals surface area contributed by atoms with E-state index < -0.39 is 0 Å². The van der Waals surface area contributed by atoms with Crippen LogP contribution >= 0.6 is 15.9 Å². The van der Waals surface area contributed by atoms with Crippen LogP contribution < -0.4 is 4.74 Å². The monoisotopic (exact) mass is 295 g/mol. The second-order valence-corrected chi connectivity index (χ2v) is 4.92. The Morgan fingerprint density at radius 3 is 3.00 bits per heavy atom. The first-order chi connectivity index (χ1) is 8.26. The fourth-order valence-electron chi connectivity index (χ4n) is 2.10. The number of halogens is 1. The molecule has 3 nitrogen and oxygen atoms in total. The summed E-state index contributed by atoms with van der Waals surface area (Å²) in [5.41, 5.74) is 1.03. The lowest BCUT2D eigenvalue weighted by atomic mass is 9.91. The number of ether oxygens (including phenoxy) is 2. The summed E-state index contributed by atoms with van der Waals surface area (Å²) in [6.07, 6.45) is 1.76. The highest BCUT2D eigenvalue weighted by molar-refractivity contribution is 9.10. The second-order valence-electron chi connectivity index (χ2n) is 4.06. The van der Waals surface area contributed by atoms with Gasteiger partial charge < -0.3 is 9.47 Å². The number of nitriles is 1. The average molecular weight is 296 g/mol. The van der Waals surface area contributed by atoms with E-state index in [-0.39, 0.29) is 12.0 Å². The predicted molar refractivity (Wildman–Crippen MR) is 67.7 cm³/mol. The number of benzene rings is 1. The molecule has 1 aromatic carbocycles. The zero-order valence-electron chi connectivity index (χ0n) is 9.65. The minimum Gasteiger partial charge on any atom is -0.496 e. The van der Waals surface area contributed by atoms with Crippen molar-refractivity contribution in [2.24, 2.45) is 5.92 Å². The third-order valence-electron chi connectivity index (χ3n) is 2.99. The molecule has 0 N–H and O–H groups in total. The van der Waals surface area contributed by atoms with Crippen molar-refractivity contribution < 1.29 is 9.47 Å². The summed E-state index contributed by atoms with van der Waals surface area (Å²) in [6, 6.07) is 8.16. The topological polar surface area (TPSA) is 42.2 Å². The van der Waals surface area contributed by atoms with Crippen LogP contribution in [0.15, 0.2) is 22.7 Å². The normalized spacial score (nSPS) is 24.1. The van der Waals surface area contributed by atoms with E-state index in [2.05, 4.69) is 22.0 Å². The smallest absolute Gasteiger partial charge is 0.133 e. The van der Waals surface area contributed by atoms with Crippen LogP contribution in [0.1, 0.15) is 24.5 Å². The van der Waals surface area contributed by atoms with Crippen molar-refractivity contribution >= 4 is 15.9 Å². The van der Waals surface area contributed by atoms with Crippen LogP contribution in [0.3, 0.4) is 0 Å². The molecule has 1 aromatic rings. The highest BCUT2D eigenvalue weighted by Crippen LogP contribution is 2.36. The van der Waals surface area contributed by atoms with Crippen molar-refractivity contribution in [2.45, 2.75) is 18.9 Å². The summed E-state index contributed by atoms with van der Waals surface area (Å²) < 4.78 is 11.8. The highest BCUT2D eigenvalue weighted by Gasteiger charge is 2.27. The lowest BCUT2D eigenvalue weighted by molar-refractivity contribution is -0.0102. The molecule has 1 heterocycles. The summed E-state index contributed by atoms with van der Waals surface area (Å²) in [6.45, 7) is 0.729. The molecule has 1 saturated heterocycles. The quantitative estimate of drug-likeness (QED) is 0.839. The SMILES string of the molecule is COc1ccc(C2OCCCC2C#N)cc1Br. The van der Waals surface area contributed by atoms with Gasteiger partial charge in [-0.25, -0.2) is 0 Å². The van der Waals surface area contributed by atoms with Crippen LogP contribution in [0.2, 0.25) is 0 Å². The van der Waals surface area contributed by atoms with Crippen LogP contribution in [0.5, 0.6) is 5.75 Å². The molecule has 0 spiro atoms. The highest BCUT2D eigenvalue weighted by atomic mass is 79.9. The maximum Gasteiger partial charge on any atom is 0.133 e. The Hall–Kier alpha value is -1.05. The van der Waals surface area contributed by atoms with E-state index in [1.54, 1.807) is 7.11 Å². The van der Waals surface area contributed by atoms with E-state index in [1.165, 1.54) is 0 Å². The summed E-state index contributed by atoms with van der Waals surface area (Å²) >= 11 is 3.45. The van der Waals surface area contributed by atoms with E-state index in [4.69, 9.17) is 14.7 Å². The minimum atomic E-state index is -0.115. The van der Waals surface area contributed by atoms with Gasteiger partial charge in [-0.2, -0.15) is 5.26 Å². The maximum atomic E-state index is 9.13. The molecule has 0 bridgehead atoms. The van der Waals surface area contributed by atoms with E-state index >= 15 is 0 Å². The van der Waals surface area contributed by atoms with Crippen molar-refractivity contribution in [1.82, 2.24) is 0 Å². The van der Waals surface area contributed by atoms with Crippen molar-refractivity contribution in [1.29, 1.82) is 5.26 Å². The van der Waals surface area contributed by atoms with Crippen molar-refractivity contribution in [2.75, 3.05) is 13.7 Å². The molecule has 2 atom stereocenters. The maximum absolute atomic E-state index is 9.13. The fraction of sp³-hybridized carbons (Fsp3) is 0.462. The molecule has 0 aromatic heterocycles. The van der Waals surface area contributed by atoms with Gasteiger partial charge in [0.05, 0.1) is 29.7 Å². The van der Waals surface area contributed by atoms with Gasteiger partial charge in [0.15, 0.2) is 0 Å². The second kappa shape index (κ2) is 5.52. The molecule has 17 heavy (non-hydrogen) atoms. The minimum absolute atomic E-state index is 0.0518. The molecular weight excluding hydrogens is 282 g/mol. The van der Waals surface area contributed by atoms with E-state index in [9.17, 15) is 0 Å². The Bertz CT molecular complexity index is 442. The van der Waals surface area contributed by atoms with Crippen molar-refractivity contribution in [3.8, 4) is 11.8 Å². The van der Waals surface area contributed by atoms with Gasteiger partial charge in [0.1, 0.15) is 5.75 Å². The van der Waals surface area contributed by atoms with Gasteiger partial charge >= 0.3 is 0 Å². The number of hydrogen-bond donors (Lipinski definition) is 0. The Morgan fingerprint density at radius 2 is 2.35 bits per heavy atom. The average Bonchev–Trinajstić information content (AvgIpc) is 2.38. The summed E-state index contributed by atoms with van der Waals surface area (Å²) in [4.78, 5) is 0. The Balaban J connectivity index is 2.27. The van der Waals surface area contributed by atoms with Gasteiger partial charge in [-0.15, -0.1) is 0 Å². The molecule has 0 radical (unpaired) electrons. The lowest BCUT2D eigenvalue weighted by Gasteiger charge is -2.27. The summed E-state index contributed by atoms with van der Waals surface area (Å²) in [5.74, 6) is 0.738. The van der Waals surface area contributed by atoms with Gasteiger partial charge in [-0.1, -0.05) is 6.07 Å². The predicted octanol–water partition coefficient (Wildman–Crippen LogP) is 3.45. The molecule has 2 unspecified atom stereocenters. The van der Waals surface area contributed by atoms with E-state index in [1.807, 2.05) is 18.2 Å². The van der Waals surface area contributed by atoms with Gasteiger partial charge in [0, 0.05) is 6.61 Å². The number of rotatable bonds is 2. The number of methoxy groups -OCH3 is 1. The van der Waals surface area contributed by atoms with Crippen molar-refractivity contribution in [3.05, 3.63) is 28.2 Å². The van der Waals surface area contributed by atoms with Crippen LogP contribution in [0.25, 0.3) is 0 Å². The van der Waals surface area contributed by atoms with E-state index in [0.29, 0.717) is 0 Å². The number of hydrogen-bond acceptors (Lipinski definition) is 3. The molecule has 0 amide bonds. The molecule has 4 heteroatoms. The standard InChI is InChI=1S/C13H14BrNO2/c1-16-12-5-4-9(7-11(12)14)13-10(8-15)3-2-6-17-13/h4-5,7,10,13H,2-3,6H2,1H3. The fourth-order valence-corrected chi connectivity index (χ4v) is 2.66. The third kappa shape index (κ3) is 2.62. The van der Waals surface area contributed by atoms with Crippen LogP contribution in [-0.2, 0) is 4.74 Å². The molecule has 1 aliphatic heterocycles. The van der Waals surface area contributed by atoms with Crippen LogP contribution in [-0.4, -0.2) is 13.7 Å². The van der Waals surface area contributed by atoms with Gasteiger partial charge in [-0.05, 0) is 46.5 Å². The summed E-state index contributed by atoms with van der Waals surface area (Å²) in [5, 5.41) is 9.13. The Morgan fingerprint density at radius 1 is 1.53 bits per heavy atom. The third-order valence-corrected chi connectivity index (χ3v) is 3.61. The molecule has 1 aliphatic rings. The summed E-state index contributed by atoms with van der Waals surface area (Å²) in [7, 11) is 1.63. The van der Waals surface area contributed by atoms with Gasteiger partial charge in [0.25, 0.3) is 0 Å². The molecular formula is C13H14BrNO2. The largest absolute Gasteiger partial charge is 0.496 e. The first kappa shape index (κ1) is 12.4. The molecule has 1 fully saturated rings. The molecule has 2 rings (SSSR count). The zero-order chi connectivity index (χ0) is 12.3.